The summed E-state index contributed by atoms with van der Waals surface area (Å²) < 4.78 is 0. The lowest BCUT2D eigenvalue weighted by atomic mass is 9.71. The fourth-order valence-electron chi connectivity index (χ4n) is 3.67. The van der Waals surface area contributed by atoms with E-state index in [-0.39, 0.29) is 29.6 Å². The molecule has 2 fully saturated rings. The van der Waals surface area contributed by atoms with Crippen LogP contribution in [0.2, 0.25) is 0 Å². The summed E-state index contributed by atoms with van der Waals surface area (Å²) in [7, 11) is 0. The standard InChI is InChI=1S/C12H13NO4/c1-12-7-3-2-6(4-7)9(12)10(16)13(11(12)17)5-8(14)15/h2-3,6-7,9H,4-5H2,1H3,(H,14,15)/t6-,7+,9+,12-/m0/s1. The van der Waals surface area contributed by atoms with Crippen molar-refractivity contribution in [2.45, 2.75) is 13.3 Å². The molecule has 2 bridgehead atoms. The molecule has 5 nitrogen and oxygen atoms in total. The number of amides is 2. The van der Waals surface area contributed by atoms with Gasteiger partial charge in [0.05, 0.1) is 11.3 Å². The fraction of sp³-hybridized carbons (Fsp3) is 0.583. The van der Waals surface area contributed by atoms with E-state index in [4.69, 9.17) is 5.11 Å². The van der Waals surface area contributed by atoms with Crippen LogP contribution in [0.5, 0.6) is 0 Å². The summed E-state index contributed by atoms with van der Waals surface area (Å²) in [6.07, 6.45) is 4.84. The lowest BCUT2D eigenvalue weighted by Gasteiger charge is -2.28. The maximum Gasteiger partial charge on any atom is 0.323 e. The van der Waals surface area contributed by atoms with E-state index < -0.39 is 17.9 Å². The molecular formula is C12H13NO4. The molecule has 0 radical (unpaired) electrons. The Labute approximate surface area is 98.1 Å². The Morgan fingerprint density at radius 1 is 1.53 bits per heavy atom. The molecule has 5 heteroatoms. The molecular weight excluding hydrogens is 222 g/mol. The van der Waals surface area contributed by atoms with Crippen molar-refractivity contribution in [3.63, 3.8) is 0 Å². The van der Waals surface area contributed by atoms with Crippen LogP contribution in [0.3, 0.4) is 0 Å². The Hall–Kier alpha value is -1.65. The molecule has 0 aromatic carbocycles. The largest absolute Gasteiger partial charge is 0.480 e. The van der Waals surface area contributed by atoms with Crippen LogP contribution in [0.25, 0.3) is 0 Å². The number of fused-ring (bicyclic) bond motifs is 5. The van der Waals surface area contributed by atoms with E-state index in [0.717, 1.165) is 11.3 Å². The Balaban J connectivity index is 2.00. The molecule has 1 aliphatic heterocycles. The van der Waals surface area contributed by atoms with Gasteiger partial charge >= 0.3 is 5.97 Å². The number of allylic oxidation sites excluding steroid dienone is 2. The van der Waals surface area contributed by atoms with Crippen molar-refractivity contribution in [1.82, 2.24) is 4.90 Å². The number of carboxylic acids is 1. The molecule has 2 aliphatic carbocycles. The predicted molar refractivity (Wildman–Crippen MR) is 56.7 cm³/mol. The van der Waals surface area contributed by atoms with E-state index in [1.165, 1.54) is 0 Å². The molecule has 0 aromatic heterocycles. The second kappa shape index (κ2) is 2.97. The number of hydrogen-bond donors (Lipinski definition) is 1. The van der Waals surface area contributed by atoms with Crippen LogP contribution < -0.4 is 0 Å². The second-order valence-corrected chi connectivity index (χ2v) is 5.27. The first-order chi connectivity index (χ1) is 7.96. The van der Waals surface area contributed by atoms with Crippen molar-refractivity contribution < 1.29 is 19.5 Å². The highest BCUT2D eigenvalue weighted by Gasteiger charge is 2.67. The van der Waals surface area contributed by atoms with Crippen molar-refractivity contribution in [2.24, 2.45) is 23.2 Å². The van der Waals surface area contributed by atoms with Gasteiger partial charge < -0.3 is 5.11 Å². The van der Waals surface area contributed by atoms with Crippen molar-refractivity contribution >= 4 is 17.8 Å². The number of carbonyl (C=O) groups excluding carboxylic acids is 2. The summed E-state index contributed by atoms with van der Waals surface area (Å²) in [5.74, 6) is -1.91. The van der Waals surface area contributed by atoms with E-state index in [1.54, 1.807) is 6.92 Å². The van der Waals surface area contributed by atoms with Crippen molar-refractivity contribution in [3.8, 4) is 0 Å². The molecule has 1 saturated carbocycles. The topological polar surface area (TPSA) is 74.7 Å². The van der Waals surface area contributed by atoms with Gasteiger partial charge in [-0.3, -0.25) is 19.3 Å². The van der Waals surface area contributed by atoms with Gasteiger partial charge in [-0.05, 0) is 25.2 Å². The molecule has 0 unspecified atom stereocenters. The lowest BCUT2D eigenvalue weighted by molar-refractivity contribution is -0.150. The van der Waals surface area contributed by atoms with E-state index in [9.17, 15) is 14.4 Å². The third-order valence-electron chi connectivity index (χ3n) is 4.49. The molecule has 1 heterocycles. The minimum absolute atomic E-state index is 0.0905. The number of imide groups is 1. The molecule has 2 amide bonds. The average Bonchev–Trinajstić information content (AvgIpc) is 2.87. The molecule has 0 aromatic rings. The summed E-state index contributed by atoms with van der Waals surface area (Å²) in [6.45, 7) is 1.29. The number of hydrogen-bond acceptors (Lipinski definition) is 3. The Kier molecular flexibility index (Phi) is 1.83. The third-order valence-corrected chi connectivity index (χ3v) is 4.49. The highest BCUT2D eigenvalue weighted by atomic mass is 16.4. The number of aliphatic carboxylic acids is 1. The lowest BCUT2D eigenvalue weighted by Crippen LogP contribution is -2.39. The normalized spacial score (nSPS) is 42.4. The van der Waals surface area contributed by atoms with Gasteiger partial charge in [0.1, 0.15) is 6.54 Å². The smallest absolute Gasteiger partial charge is 0.323 e. The summed E-state index contributed by atoms with van der Waals surface area (Å²) in [5, 5.41) is 8.74. The van der Waals surface area contributed by atoms with Gasteiger partial charge in [-0.2, -0.15) is 0 Å². The van der Waals surface area contributed by atoms with E-state index in [0.29, 0.717) is 0 Å². The maximum atomic E-state index is 12.3. The number of nitrogens with zero attached hydrogens (tertiary/aromatic N) is 1. The fourth-order valence-corrected chi connectivity index (χ4v) is 3.67. The zero-order valence-corrected chi connectivity index (χ0v) is 9.42. The van der Waals surface area contributed by atoms with Gasteiger partial charge in [0.15, 0.2) is 0 Å². The highest BCUT2D eigenvalue weighted by Crippen LogP contribution is 2.60. The first-order valence-electron chi connectivity index (χ1n) is 5.72. The monoisotopic (exact) mass is 235 g/mol. The summed E-state index contributed by atoms with van der Waals surface area (Å²) in [6, 6.07) is 0. The average molecular weight is 235 g/mol. The zero-order chi connectivity index (χ0) is 12.4. The van der Waals surface area contributed by atoms with Crippen LogP contribution in [0.1, 0.15) is 13.3 Å². The Morgan fingerprint density at radius 3 is 2.82 bits per heavy atom. The summed E-state index contributed by atoms with van der Waals surface area (Å²) >= 11 is 0. The molecule has 1 saturated heterocycles. The number of likely N-dealkylation sites (tertiary alicyclic amines) is 1. The summed E-state index contributed by atoms with van der Waals surface area (Å²) in [4.78, 5) is 36.0. The second-order valence-electron chi connectivity index (χ2n) is 5.27. The molecule has 3 aliphatic rings. The quantitative estimate of drug-likeness (QED) is 0.550. The summed E-state index contributed by atoms with van der Waals surface area (Å²) in [5.41, 5.74) is -0.702. The van der Waals surface area contributed by atoms with Crippen LogP contribution in [0.15, 0.2) is 12.2 Å². The van der Waals surface area contributed by atoms with Gasteiger partial charge in [-0.15, -0.1) is 0 Å². The van der Waals surface area contributed by atoms with Crippen molar-refractivity contribution in [2.75, 3.05) is 6.54 Å². The number of carboxylic acid groups (broad SMARTS) is 1. The predicted octanol–water partition coefficient (Wildman–Crippen LogP) is 0.268. The SMILES string of the molecule is C[C@@]12C(=O)N(CC(=O)O)C(=O)[C@H]1[C@H]1C=C[C@@H]2C1. The van der Waals surface area contributed by atoms with Crippen molar-refractivity contribution in [3.05, 3.63) is 12.2 Å². The van der Waals surface area contributed by atoms with Crippen molar-refractivity contribution in [1.29, 1.82) is 0 Å². The van der Waals surface area contributed by atoms with Crippen LogP contribution in [-0.4, -0.2) is 34.3 Å². The third kappa shape index (κ3) is 1.06. The molecule has 1 N–H and O–H groups in total. The number of rotatable bonds is 2. The zero-order valence-electron chi connectivity index (χ0n) is 9.42. The minimum Gasteiger partial charge on any atom is -0.480 e. The van der Waals surface area contributed by atoms with E-state index in [2.05, 4.69) is 0 Å². The first kappa shape index (κ1) is 10.5. The highest BCUT2D eigenvalue weighted by molar-refractivity contribution is 6.10. The van der Waals surface area contributed by atoms with Crippen LogP contribution in [0, 0.1) is 23.2 Å². The van der Waals surface area contributed by atoms with Crippen LogP contribution in [0.4, 0.5) is 0 Å². The molecule has 17 heavy (non-hydrogen) atoms. The minimum atomic E-state index is -1.14. The van der Waals surface area contributed by atoms with Crippen LogP contribution in [-0.2, 0) is 14.4 Å². The van der Waals surface area contributed by atoms with Crippen LogP contribution >= 0.6 is 0 Å². The number of carbonyl (C=O) groups is 3. The van der Waals surface area contributed by atoms with Gasteiger partial charge in [-0.1, -0.05) is 12.2 Å². The van der Waals surface area contributed by atoms with Gasteiger partial charge in [0.2, 0.25) is 11.8 Å². The molecule has 0 spiro atoms. The molecule has 90 valence electrons. The molecule has 3 rings (SSSR count). The maximum absolute atomic E-state index is 12.3. The Bertz CT molecular complexity index is 469. The van der Waals surface area contributed by atoms with Gasteiger partial charge in [0.25, 0.3) is 0 Å². The molecule has 4 atom stereocenters. The van der Waals surface area contributed by atoms with E-state index in [1.807, 2.05) is 12.2 Å². The van der Waals surface area contributed by atoms with Gasteiger partial charge in [0, 0.05) is 0 Å². The Morgan fingerprint density at radius 2 is 2.24 bits per heavy atom. The van der Waals surface area contributed by atoms with Gasteiger partial charge in [-0.25, -0.2) is 0 Å². The first-order valence-corrected chi connectivity index (χ1v) is 5.72. The van der Waals surface area contributed by atoms with E-state index >= 15 is 0 Å².